The van der Waals surface area contributed by atoms with E-state index in [-0.39, 0.29) is 5.03 Å². The lowest BCUT2D eigenvalue weighted by atomic mass is 10.4. The topological polar surface area (TPSA) is 90.9 Å². The predicted octanol–water partition coefficient (Wildman–Crippen LogP) is 1.68. The van der Waals surface area contributed by atoms with Crippen LogP contribution in [0.3, 0.4) is 0 Å². The number of nitrogens with zero attached hydrogens (tertiary/aromatic N) is 4. The van der Waals surface area contributed by atoms with Gasteiger partial charge in [0.25, 0.3) is 9.05 Å². The zero-order valence-electron chi connectivity index (χ0n) is 10.8. The highest BCUT2D eigenvalue weighted by Gasteiger charge is 2.29. The number of halogens is 1. The quantitative estimate of drug-likeness (QED) is 0.779. The molecule has 0 saturated heterocycles. The van der Waals surface area contributed by atoms with Gasteiger partial charge >= 0.3 is 0 Å². The lowest BCUT2D eigenvalue weighted by Crippen LogP contribution is -2.03. The van der Waals surface area contributed by atoms with E-state index in [1.54, 1.807) is 4.57 Å². The molecule has 2 aromatic rings. The molecule has 0 N–H and O–H groups in total. The van der Waals surface area contributed by atoms with E-state index in [1.807, 2.05) is 6.92 Å². The third-order valence-corrected chi connectivity index (χ3v) is 4.31. The number of hydrogen-bond donors (Lipinski definition) is 0. The molecule has 1 aliphatic carbocycles. The first-order valence-electron chi connectivity index (χ1n) is 6.30. The molecular weight excluding hydrogens is 304 g/mol. The summed E-state index contributed by atoms with van der Waals surface area (Å²) in [6, 6.07) is 0. The van der Waals surface area contributed by atoms with Crippen LogP contribution in [0, 0.1) is 0 Å². The van der Waals surface area contributed by atoms with Gasteiger partial charge in [0.15, 0.2) is 10.9 Å². The van der Waals surface area contributed by atoms with Crippen LogP contribution in [0.2, 0.25) is 0 Å². The van der Waals surface area contributed by atoms with Gasteiger partial charge in [0.05, 0.1) is 0 Å². The molecule has 2 aromatic heterocycles. The lowest BCUT2D eigenvalue weighted by molar-refractivity contribution is 0.364. The summed E-state index contributed by atoms with van der Waals surface area (Å²) < 4.78 is 29.5. The maximum absolute atomic E-state index is 11.3. The fraction of sp³-hybridized carbons (Fsp3) is 0.545. The average molecular weight is 317 g/mol. The van der Waals surface area contributed by atoms with Gasteiger partial charge in [-0.25, -0.2) is 13.4 Å². The summed E-state index contributed by atoms with van der Waals surface area (Å²) in [6.45, 7) is 2.18. The van der Waals surface area contributed by atoms with Gasteiger partial charge in [-0.2, -0.15) is 4.98 Å². The van der Waals surface area contributed by atoms with Gasteiger partial charge in [-0.15, -0.1) is 0 Å². The van der Waals surface area contributed by atoms with Gasteiger partial charge in [0, 0.05) is 29.2 Å². The van der Waals surface area contributed by atoms with Crippen molar-refractivity contribution in [3.8, 4) is 0 Å². The Morgan fingerprint density at radius 3 is 2.80 bits per heavy atom. The van der Waals surface area contributed by atoms with Gasteiger partial charge in [-0.05, 0) is 12.8 Å². The Kier molecular flexibility index (Phi) is 3.29. The summed E-state index contributed by atoms with van der Waals surface area (Å²) in [7, 11) is 1.47. The molecule has 108 valence electrons. The van der Waals surface area contributed by atoms with Crippen molar-refractivity contribution in [3.05, 3.63) is 23.7 Å². The van der Waals surface area contributed by atoms with Crippen molar-refractivity contribution < 1.29 is 12.9 Å². The van der Waals surface area contributed by atoms with Crippen LogP contribution < -0.4 is 0 Å². The molecule has 7 nitrogen and oxygen atoms in total. The SMILES string of the molecule is CCc1nc(S(=O)(=O)Cl)cn1Cc1nc(C2CC2)no1. The maximum atomic E-state index is 11.3. The zero-order valence-corrected chi connectivity index (χ0v) is 12.4. The molecule has 1 saturated carbocycles. The Hall–Kier alpha value is -1.41. The minimum absolute atomic E-state index is 0.155. The average Bonchev–Trinajstić information content (AvgIpc) is 2.98. The van der Waals surface area contributed by atoms with Crippen LogP contribution in [0.1, 0.15) is 43.2 Å². The molecule has 0 radical (unpaired) electrons. The van der Waals surface area contributed by atoms with E-state index < -0.39 is 9.05 Å². The molecule has 0 atom stereocenters. The second kappa shape index (κ2) is 4.85. The van der Waals surface area contributed by atoms with Gasteiger partial charge < -0.3 is 9.09 Å². The number of aromatic nitrogens is 4. The summed E-state index contributed by atoms with van der Waals surface area (Å²) in [5.74, 6) is 2.19. The standard InChI is InChI=1S/C11H13ClN4O3S/c1-2-8-13-10(20(12,17)18)6-16(8)5-9-14-11(15-19-9)7-3-4-7/h6-7H,2-5H2,1H3. The molecule has 0 amide bonds. The molecule has 0 unspecified atom stereocenters. The highest BCUT2D eigenvalue weighted by molar-refractivity contribution is 8.13. The first-order chi connectivity index (χ1) is 9.47. The molecule has 0 aliphatic heterocycles. The fourth-order valence-corrected chi connectivity index (χ4v) is 2.64. The molecule has 3 rings (SSSR count). The van der Waals surface area contributed by atoms with Gasteiger partial charge in [0.1, 0.15) is 12.4 Å². The number of hydrogen-bond acceptors (Lipinski definition) is 6. The van der Waals surface area contributed by atoms with Crippen molar-refractivity contribution in [2.24, 2.45) is 0 Å². The second-order valence-electron chi connectivity index (χ2n) is 4.74. The van der Waals surface area contributed by atoms with Gasteiger partial charge in [0.2, 0.25) is 5.89 Å². The molecule has 1 fully saturated rings. The number of rotatable bonds is 5. The van der Waals surface area contributed by atoms with Crippen LogP contribution in [0.4, 0.5) is 0 Å². The molecule has 0 spiro atoms. The minimum atomic E-state index is -3.83. The Labute approximate surface area is 120 Å². The van der Waals surface area contributed by atoms with Crippen LogP contribution >= 0.6 is 10.7 Å². The van der Waals surface area contributed by atoms with Crippen molar-refractivity contribution in [1.29, 1.82) is 0 Å². The van der Waals surface area contributed by atoms with Crippen molar-refractivity contribution >= 4 is 19.7 Å². The maximum Gasteiger partial charge on any atom is 0.280 e. The normalized spacial score (nSPS) is 15.7. The molecule has 9 heteroatoms. The Morgan fingerprint density at radius 2 is 2.20 bits per heavy atom. The first kappa shape index (κ1) is 13.6. The Bertz CT molecular complexity index is 733. The van der Waals surface area contributed by atoms with Crippen LogP contribution in [0.5, 0.6) is 0 Å². The monoisotopic (exact) mass is 316 g/mol. The lowest BCUT2D eigenvalue weighted by Gasteiger charge is -2.00. The third kappa shape index (κ3) is 2.71. The van der Waals surface area contributed by atoms with Crippen LogP contribution in [0.15, 0.2) is 15.7 Å². The van der Waals surface area contributed by atoms with Gasteiger partial charge in [-0.3, -0.25) is 0 Å². The zero-order chi connectivity index (χ0) is 14.3. The Morgan fingerprint density at radius 1 is 1.45 bits per heavy atom. The van der Waals surface area contributed by atoms with Crippen molar-refractivity contribution in [3.63, 3.8) is 0 Å². The van der Waals surface area contributed by atoms with E-state index in [0.29, 0.717) is 30.6 Å². The van der Waals surface area contributed by atoms with Crippen LogP contribution in [-0.2, 0) is 22.0 Å². The van der Waals surface area contributed by atoms with Crippen molar-refractivity contribution in [2.75, 3.05) is 0 Å². The van der Waals surface area contributed by atoms with E-state index in [1.165, 1.54) is 6.20 Å². The molecule has 1 aliphatic rings. The summed E-state index contributed by atoms with van der Waals surface area (Å²) in [5, 5.41) is 3.77. The highest BCUT2D eigenvalue weighted by Crippen LogP contribution is 2.38. The predicted molar refractivity (Wildman–Crippen MR) is 70.0 cm³/mol. The van der Waals surface area contributed by atoms with E-state index in [2.05, 4.69) is 15.1 Å². The highest BCUT2D eigenvalue weighted by atomic mass is 35.7. The molecule has 2 heterocycles. The largest absolute Gasteiger partial charge is 0.337 e. The molecule has 0 aromatic carbocycles. The van der Waals surface area contributed by atoms with E-state index in [9.17, 15) is 8.42 Å². The molecule has 20 heavy (non-hydrogen) atoms. The van der Waals surface area contributed by atoms with Crippen LogP contribution in [-0.4, -0.2) is 28.1 Å². The summed E-state index contributed by atoms with van der Waals surface area (Å²) >= 11 is 0. The first-order valence-corrected chi connectivity index (χ1v) is 8.61. The molecule has 0 bridgehead atoms. The smallest absolute Gasteiger partial charge is 0.280 e. The summed E-state index contributed by atoms with van der Waals surface area (Å²) in [5.41, 5.74) is 0. The van der Waals surface area contributed by atoms with Crippen molar-refractivity contribution in [2.45, 2.75) is 43.7 Å². The van der Waals surface area contributed by atoms with Crippen LogP contribution in [0.25, 0.3) is 0 Å². The summed E-state index contributed by atoms with van der Waals surface area (Å²) in [6.07, 6.45) is 4.16. The number of aryl methyl sites for hydroxylation is 1. The fourth-order valence-electron chi connectivity index (χ4n) is 1.95. The second-order valence-corrected chi connectivity index (χ2v) is 7.25. The molecular formula is C11H13ClN4O3S. The van der Waals surface area contributed by atoms with E-state index in [0.717, 1.165) is 18.7 Å². The van der Waals surface area contributed by atoms with E-state index in [4.69, 9.17) is 15.2 Å². The summed E-state index contributed by atoms with van der Waals surface area (Å²) in [4.78, 5) is 8.31. The van der Waals surface area contributed by atoms with Gasteiger partial charge in [-0.1, -0.05) is 12.1 Å². The number of imidazole rings is 1. The third-order valence-electron chi connectivity index (χ3n) is 3.13. The Balaban J connectivity index is 1.86. The minimum Gasteiger partial charge on any atom is -0.337 e. The van der Waals surface area contributed by atoms with E-state index >= 15 is 0 Å². The van der Waals surface area contributed by atoms with Crippen molar-refractivity contribution in [1.82, 2.24) is 19.7 Å².